The summed E-state index contributed by atoms with van der Waals surface area (Å²) in [7, 11) is 0. The Bertz CT molecular complexity index is 683. The van der Waals surface area contributed by atoms with E-state index in [1.165, 1.54) is 5.56 Å². The van der Waals surface area contributed by atoms with Gasteiger partial charge in [0.2, 0.25) is 0 Å². The van der Waals surface area contributed by atoms with E-state index in [0.717, 1.165) is 22.2 Å². The lowest BCUT2D eigenvalue weighted by Gasteiger charge is -2.09. The molecule has 0 spiro atoms. The van der Waals surface area contributed by atoms with E-state index in [4.69, 9.17) is 5.11 Å². The fourth-order valence-corrected chi connectivity index (χ4v) is 3.13. The van der Waals surface area contributed by atoms with E-state index in [2.05, 4.69) is 25.3 Å². The van der Waals surface area contributed by atoms with Crippen LogP contribution in [0.3, 0.4) is 0 Å². The lowest BCUT2D eigenvalue weighted by Crippen LogP contribution is -2.04. The van der Waals surface area contributed by atoms with E-state index in [0.29, 0.717) is 24.4 Å². The van der Waals surface area contributed by atoms with Gasteiger partial charge in [0.25, 0.3) is 0 Å². The van der Waals surface area contributed by atoms with Crippen LogP contribution in [0, 0.1) is 13.8 Å². The molecule has 0 aliphatic carbocycles. The van der Waals surface area contributed by atoms with Gasteiger partial charge in [0, 0.05) is 29.7 Å². The number of aliphatic hydroxyl groups is 1. The van der Waals surface area contributed by atoms with E-state index in [-0.39, 0.29) is 6.61 Å². The third-order valence-corrected chi connectivity index (χ3v) is 4.07. The first-order valence-corrected chi connectivity index (χ1v) is 7.36. The molecule has 0 radical (unpaired) electrons. The number of fused-ring (bicyclic) bond motifs is 1. The minimum absolute atomic E-state index is 0.133. The van der Waals surface area contributed by atoms with Crippen LogP contribution in [0.2, 0.25) is 0 Å². The standard InChI is InChI=1S/C17H23NO3/c1-10(2)16-12(4)18(6-5-7-19)15-9-13(17(20)21)11(3)8-14(15)16/h8-10,19H,5-7H2,1-4H3,(H,20,21). The minimum Gasteiger partial charge on any atom is -0.478 e. The van der Waals surface area contributed by atoms with Gasteiger partial charge in [-0.25, -0.2) is 4.79 Å². The number of carboxylic acid groups (broad SMARTS) is 1. The second-order valence-electron chi connectivity index (χ2n) is 5.87. The van der Waals surface area contributed by atoms with Crippen LogP contribution < -0.4 is 0 Å². The zero-order valence-corrected chi connectivity index (χ0v) is 13.1. The van der Waals surface area contributed by atoms with Gasteiger partial charge in [0.1, 0.15) is 0 Å². The van der Waals surface area contributed by atoms with Crippen molar-refractivity contribution in [2.75, 3.05) is 6.61 Å². The number of aliphatic hydroxyl groups excluding tert-OH is 1. The first kappa shape index (κ1) is 15.6. The summed E-state index contributed by atoms with van der Waals surface area (Å²) in [6.07, 6.45) is 0.665. The second-order valence-corrected chi connectivity index (χ2v) is 5.87. The number of carboxylic acids is 1. The Morgan fingerprint density at radius 3 is 2.48 bits per heavy atom. The highest BCUT2D eigenvalue weighted by molar-refractivity contribution is 5.97. The number of nitrogens with zero attached hydrogens (tertiary/aromatic N) is 1. The summed E-state index contributed by atoms with van der Waals surface area (Å²) in [5, 5.41) is 19.5. The lowest BCUT2D eigenvalue weighted by molar-refractivity contribution is 0.0696. The van der Waals surface area contributed by atoms with Gasteiger partial charge in [0.05, 0.1) is 5.56 Å². The molecule has 2 aromatic rings. The molecule has 1 aromatic heterocycles. The van der Waals surface area contributed by atoms with Gasteiger partial charge in [0.15, 0.2) is 0 Å². The van der Waals surface area contributed by atoms with Gasteiger partial charge in [-0.2, -0.15) is 0 Å². The van der Waals surface area contributed by atoms with Gasteiger partial charge in [-0.05, 0) is 49.4 Å². The van der Waals surface area contributed by atoms with Crippen molar-refractivity contribution in [2.24, 2.45) is 0 Å². The molecular formula is C17H23NO3. The number of hydrogen-bond acceptors (Lipinski definition) is 2. The first-order chi connectivity index (χ1) is 9.88. The molecule has 0 saturated heterocycles. The predicted molar refractivity (Wildman–Crippen MR) is 84.2 cm³/mol. The fourth-order valence-electron chi connectivity index (χ4n) is 3.13. The summed E-state index contributed by atoms with van der Waals surface area (Å²) in [5.41, 5.74) is 4.52. The molecule has 4 nitrogen and oxygen atoms in total. The van der Waals surface area contributed by atoms with Crippen molar-refractivity contribution in [3.05, 3.63) is 34.5 Å². The number of aryl methyl sites for hydroxylation is 2. The normalized spacial score (nSPS) is 11.5. The summed E-state index contributed by atoms with van der Waals surface area (Å²) in [5.74, 6) is -0.522. The molecule has 2 N–H and O–H groups in total. The molecule has 2 rings (SSSR count). The van der Waals surface area contributed by atoms with Crippen molar-refractivity contribution in [1.29, 1.82) is 0 Å². The van der Waals surface area contributed by atoms with Gasteiger partial charge >= 0.3 is 5.97 Å². The van der Waals surface area contributed by atoms with Gasteiger partial charge in [-0.15, -0.1) is 0 Å². The van der Waals surface area contributed by atoms with E-state index in [9.17, 15) is 9.90 Å². The maximum absolute atomic E-state index is 11.4. The van der Waals surface area contributed by atoms with Crippen molar-refractivity contribution >= 4 is 16.9 Å². The zero-order chi connectivity index (χ0) is 15.7. The summed E-state index contributed by atoms with van der Waals surface area (Å²) in [6, 6.07) is 3.75. The van der Waals surface area contributed by atoms with E-state index in [1.54, 1.807) is 6.07 Å². The highest BCUT2D eigenvalue weighted by atomic mass is 16.4. The number of rotatable bonds is 5. The Labute approximate surface area is 125 Å². The van der Waals surface area contributed by atoms with Crippen LogP contribution in [0.15, 0.2) is 12.1 Å². The van der Waals surface area contributed by atoms with Crippen LogP contribution in [0.5, 0.6) is 0 Å². The van der Waals surface area contributed by atoms with Crippen LogP contribution in [-0.4, -0.2) is 27.4 Å². The van der Waals surface area contributed by atoms with E-state index < -0.39 is 5.97 Å². The lowest BCUT2D eigenvalue weighted by atomic mass is 9.97. The Kier molecular flexibility index (Phi) is 4.37. The maximum Gasteiger partial charge on any atom is 0.336 e. The molecule has 0 atom stereocenters. The molecular weight excluding hydrogens is 266 g/mol. The van der Waals surface area contributed by atoms with Crippen molar-refractivity contribution in [3.8, 4) is 0 Å². The quantitative estimate of drug-likeness (QED) is 0.886. The van der Waals surface area contributed by atoms with Crippen LogP contribution in [0.4, 0.5) is 0 Å². The number of aromatic carboxylic acids is 1. The highest BCUT2D eigenvalue weighted by Crippen LogP contribution is 2.33. The molecule has 21 heavy (non-hydrogen) atoms. The number of carbonyl (C=O) groups is 1. The van der Waals surface area contributed by atoms with Crippen LogP contribution in [-0.2, 0) is 6.54 Å². The average Bonchev–Trinajstić information content (AvgIpc) is 2.66. The van der Waals surface area contributed by atoms with Crippen LogP contribution in [0.25, 0.3) is 10.9 Å². The third-order valence-electron chi connectivity index (χ3n) is 4.07. The Morgan fingerprint density at radius 1 is 1.29 bits per heavy atom. The van der Waals surface area contributed by atoms with Crippen LogP contribution in [0.1, 0.15) is 53.4 Å². The topological polar surface area (TPSA) is 62.5 Å². The zero-order valence-electron chi connectivity index (χ0n) is 13.1. The van der Waals surface area contributed by atoms with Gasteiger partial charge in [-0.1, -0.05) is 13.8 Å². The minimum atomic E-state index is -0.895. The average molecular weight is 289 g/mol. The Balaban J connectivity index is 2.78. The molecule has 1 heterocycles. The molecule has 0 fully saturated rings. The molecule has 0 amide bonds. The maximum atomic E-state index is 11.4. The van der Waals surface area contributed by atoms with Crippen molar-refractivity contribution < 1.29 is 15.0 Å². The largest absolute Gasteiger partial charge is 0.478 e. The number of benzene rings is 1. The molecule has 114 valence electrons. The summed E-state index contributed by atoms with van der Waals surface area (Å²) >= 11 is 0. The molecule has 0 bridgehead atoms. The Hall–Kier alpha value is -1.81. The number of hydrogen-bond donors (Lipinski definition) is 2. The van der Waals surface area contributed by atoms with Crippen molar-refractivity contribution in [1.82, 2.24) is 4.57 Å². The number of aromatic nitrogens is 1. The smallest absolute Gasteiger partial charge is 0.336 e. The van der Waals surface area contributed by atoms with E-state index in [1.807, 2.05) is 13.0 Å². The highest BCUT2D eigenvalue weighted by Gasteiger charge is 2.19. The summed E-state index contributed by atoms with van der Waals surface area (Å²) < 4.78 is 2.13. The predicted octanol–water partition coefficient (Wildman–Crippen LogP) is 3.46. The first-order valence-electron chi connectivity index (χ1n) is 7.36. The second kappa shape index (κ2) is 5.90. The monoisotopic (exact) mass is 289 g/mol. The van der Waals surface area contributed by atoms with E-state index >= 15 is 0 Å². The third kappa shape index (κ3) is 2.68. The molecule has 0 unspecified atom stereocenters. The van der Waals surface area contributed by atoms with Crippen molar-refractivity contribution in [2.45, 2.75) is 46.6 Å². The summed E-state index contributed by atoms with van der Waals surface area (Å²) in [4.78, 5) is 11.4. The molecule has 0 aliphatic rings. The van der Waals surface area contributed by atoms with Gasteiger partial charge < -0.3 is 14.8 Å². The fraction of sp³-hybridized carbons (Fsp3) is 0.471. The van der Waals surface area contributed by atoms with Crippen LogP contribution >= 0.6 is 0 Å². The van der Waals surface area contributed by atoms with Gasteiger partial charge in [-0.3, -0.25) is 0 Å². The molecule has 4 heteroatoms. The molecule has 1 aromatic carbocycles. The summed E-state index contributed by atoms with van der Waals surface area (Å²) in [6.45, 7) is 9.05. The molecule has 0 aliphatic heterocycles. The van der Waals surface area contributed by atoms with Crippen molar-refractivity contribution in [3.63, 3.8) is 0 Å². The SMILES string of the molecule is Cc1cc2c(C(C)C)c(C)n(CCCO)c2cc1C(=O)O. The Morgan fingerprint density at radius 2 is 1.95 bits per heavy atom. The molecule has 0 saturated carbocycles.